The van der Waals surface area contributed by atoms with E-state index in [4.69, 9.17) is 5.73 Å². The number of hydrogen-bond donors (Lipinski definition) is 1. The fourth-order valence-electron chi connectivity index (χ4n) is 2.64. The molecule has 1 aromatic rings. The highest BCUT2D eigenvalue weighted by Crippen LogP contribution is 2.29. The van der Waals surface area contributed by atoms with Gasteiger partial charge < -0.3 is 5.73 Å². The van der Waals surface area contributed by atoms with Gasteiger partial charge in [0.25, 0.3) is 0 Å². The summed E-state index contributed by atoms with van der Waals surface area (Å²) in [6.07, 6.45) is 7.83. The Hall–Kier alpha value is -1.00. The van der Waals surface area contributed by atoms with E-state index < -0.39 is 0 Å². The van der Waals surface area contributed by atoms with Crippen LogP contribution in [-0.4, -0.2) is 34.0 Å². The van der Waals surface area contributed by atoms with Crippen LogP contribution in [0.2, 0.25) is 0 Å². The van der Waals surface area contributed by atoms with Gasteiger partial charge in [-0.05, 0) is 39.2 Å². The van der Waals surface area contributed by atoms with E-state index in [1.807, 2.05) is 6.20 Å². The number of likely N-dealkylation sites (tertiary alicyclic amines) is 1. The Balaban J connectivity index is 2.09. The van der Waals surface area contributed by atoms with E-state index in [9.17, 15) is 0 Å². The fourth-order valence-corrected chi connectivity index (χ4v) is 2.64. The lowest BCUT2D eigenvalue weighted by molar-refractivity contribution is 0.0793. The molecule has 0 spiro atoms. The summed E-state index contributed by atoms with van der Waals surface area (Å²) in [5, 5.41) is 0. The molecule has 0 radical (unpaired) electrons. The van der Waals surface area contributed by atoms with Gasteiger partial charge in [-0.1, -0.05) is 0 Å². The third kappa shape index (κ3) is 2.82. The SMILES string of the molecule is CC1CCC(CN)CN1C(C)c1cnccn1. The van der Waals surface area contributed by atoms with E-state index in [1.54, 1.807) is 12.4 Å². The summed E-state index contributed by atoms with van der Waals surface area (Å²) in [6, 6.07) is 0.933. The Morgan fingerprint density at radius 3 is 2.94 bits per heavy atom. The van der Waals surface area contributed by atoms with E-state index in [1.165, 1.54) is 12.8 Å². The second kappa shape index (κ2) is 5.56. The number of nitrogens with two attached hydrogens (primary N) is 1. The van der Waals surface area contributed by atoms with Crippen molar-refractivity contribution >= 4 is 0 Å². The minimum Gasteiger partial charge on any atom is -0.330 e. The highest BCUT2D eigenvalue weighted by molar-refractivity contribution is 5.02. The number of piperidine rings is 1. The van der Waals surface area contributed by atoms with Gasteiger partial charge in [0, 0.05) is 31.2 Å². The molecule has 1 aliphatic rings. The monoisotopic (exact) mass is 234 g/mol. The maximum atomic E-state index is 5.80. The normalized spacial score (nSPS) is 27.9. The molecule has 4 nitrogen and oxygen atoms in total. The highest BCUT2D eigenvalue weighted by Gasteiger charge is 2.29. The molecular formula is C13H22N4. The highest BCUT2D eigenvalue weighted by atomic mass is 15.2. The summed E-state index contributed by atoms with van der Waals surface area (Å²) in [5.41, 5.74) is 6.85. The standard InChI is InChI=1S/C13H22N4/c1-10-3-4-12(7-14)9-17(10)11(2)13-8-15-5-6-16-13/h5-6,8,10-12H,3-4,7,9,14H2,1-2H3. The molecule has 0 aliphatic carbocycles. The fraction of sp³-hybridized carbons (Fsp3) is 0.692. The minimum absolute atomic E-state index is 0.327. The van der Waals surface area contributed by atoms with Crippen LogP contribution in [-0.2, 0) is 0 Å². The summed E-state index contributed by atoms with van der Waals surface area (Å²) in [5.74, 6) is 0.630. The molecule has 1 aromatic heterocycles. The van der Waals surface area contributed by atoms with E-state index in [2.05, 4.69) is 28.7 Å². The second-order valence-electron chi connectivity index (χ2n) is 5.03. The maximum absolute atomic E-state index is 5.80. The molecule has 2 rings (SSSR count). The lowest BCUT2D eigenvalue weighted by atomic mass is 9.92. The van der Waals surface area contributed by atoms with Crippen molar-refractivity contribution in [1.29, 1.82) is 0 Å². The van der Waals surface area contributed by atoms with Crippen molar-refractivity contribution < 1.29 is 0 Å². The van der Waals surface area contributed by atoms with Crippen LogP contribution in [0.15, 0.2) is 18.6 Å². The molecular weight excluding hydrogens is 212 g/mol. The molecule has 1 saturated heterocycles. The second-order valence-corrected chi connectivity index (χ2v) is 5.03. The van der Waals surface area contributed by atoms with Gasteiger partial charge in [0.2, 0.25) is 0 Å². The van der Waals surface area contributed by atoms with Crippen LogP contribution in [0.25, 0.3) is 0 Å². The molecule has 4 heteroatoms. The third-order valence-corrected chi connectivity index (χ3v) is 3.87. The quantitative estimate of drug-likeness (QED) is 0.863. The molecule has 1 fully saturated rings. The van der Waals surface area contributed by atoms with Gasteiger partial charge in [-0.25, -0.2) is 0 Å². The molecule has 17 heavy (non-hydrogen) atoms. The Bertz CT molecular complexity index is 341. The predicted octanol–water partition coefficient (Wildman–Crippen LogP) is 1.60. The lowest BCUT2D eigenvalue weighted by Gasteiger charge is -2.41. The molecule has 3 unspecified atom stereocenters. The van der Waals surface area contributed by atoms with Crippen LogP contribution in [0.5, 0.6) is 0 Å². The molecule has 1 aliphatic heterocycles. The van der Waals surface area contributed by atoms with E-state index in [0.717, 1.165) is 18.8 Å². The van der Waals surface area contributed by atoms with Crippen LogP contribution in [0, 0.1) is 5.92 Å². The summed E-state index contributed by atoms with van der Waals surface area (Å²) in [6.45, 7) is 6.37. The Morgan fingerprint density at radius 1 is 1.47 bits per heavy atom. The topological polar surface area (TPSA) is 55.0 Å². The predicted molar refractivity (Wildman–Crippen MR) is 68.4 cm³/mol. The van der Waals surface area contributed by atoms with Crippen LogP contribution in [0.3, 0.4) is 0 Å². The van der Waals surface area contributed by atoms with E-state index >= 15 is 0 Å². The Kier molecular flexibility index (Phi) is 4.07. The van der Waals surface area contributed by atoms with Crippen LogP contribution < -0.4 is 5.73 Å². The maximum Gasteiger partial charge on any atom is 0.0755 e. The Morgan fingerprint density at radius 2 is 2.29 bits per heavy atom. The van der Waals surface area contributed by atoms with Crippen molar-refractivity contribution in [3.05, 3.63) is 24.3 Å². The third-order valence-electron chi connectivity index (χ3n) is 3.87. The zero-order chi connectivity index (χ0) is 12.3. The van der Waals surface area contributed by atoms with Crippen molar-refractivity contribution in [1.82, 2.24) is 14.9 Å². The number of nitrogens with zero attached hydrogens (tertiary/aromatic N) is 3. The zero-order valence-corrected chi connectivity index (χ0v) is 10.7. The van der Waals surface area contributed by atoms with Crippen molar-refractivity contribution in [2.45, 2.75) is 38.8 Å². The van der Waals surface area contributed by atoms with Gasteiger partial charge in [-0.2, -0.15) is 0 Å². The van der Waals surface area contributed by atoms with Gasteiger partial charge in [-0.3, -0.25) is 14.9 Å². The van der Waals surface area contributed by atoms with E-state index in [0.29, 0.717) is 18.0 Å². The number of aromatic nitrogens is 2. The van der Waals surface area contributed by atoms with E-state index in [-0.39, 0.29) is 0 Å². The summed E-state index contributed by atoms with van der Waals surface area (Å²) < 4.78 is 0. The number of rotatable bonds is 3. The molecule has 2 heterocycles. The minimum atomic E-state index is 0.327. The number of hydrogen-bond acceptors (Lipinski definition) is 4. The molecule has 0 bridgehead atoms. The lowest BCUT2D eigenvalue weighted by Crippen LogP contribution is -2.45. The summed E-state index contributed by atoms with van der Waals surface area (Å²) >= 11 is 0. The largest absolute Gasteiger partial charge is 0.330 e. The molecule has 0 aromatic carbocycles. The average Bonchev–Trinajstić information content (AvgIpc) is 2.39. The summed E-state index contributed by atoms with van der Waals surface area (Å²) in [4.78, 5) is 11.1. The average molecular weight is 234 g/mol. The van der Waals surface area contributed by atoms with Gasteiger partial charge in [0.05, 0.1) is 11.7 Å². The van der Waals surface area contributed by atoms with Crippen LogP contribution in [0.1, 0.15) is 38.4 Å². The first-order valence-electron chi connectivity index (χ1n) is 6.44. The smallest absolute Gasteiger partial charge is 0.0755 e. The molecule has 2 N–H and O–H groups in total. The van der Waals surface area contributed by atoms with Gasteiger partial charge in [-0.15, -0.1) is 0 Å². The van der Waals surface area contributed by atoms with Crippen molar-refractivity contribution in [2.75, 3.05) is 13.1 Å². The zero-order valence-electron chi connectivity index (χ0n) is 10.7. The first kappa shape index (κ1) is 12.5. The van der Waals surface area contributed by atoms with Gasteiger partial charge in [0.15, 0.2) is 0 Å². The molecule has 0 amide bonds. The van der Waals surface area contributed by atoms with Crippen molar-refractivity contribution in [2.24, 2.45) is 11.7 Å². The van der Waals surface area contributed by atoms with Crippen molar-refractivity contribution in [3.63, 3.8) is 0 Å². The van der Waals surface area contributed by atoms with Gasteiger partial charge in [0.1, 0.15) is 0 Å². The molecule has 0 saturated carbocycles. The van der Waals surface area contributed by atoms with Crippen molar-refractivity contribution in [3.8, 4) is 0 Å². The molecule has 3 atom stereocenters. The first-order chi connectivity index (χ1) is 8.22. The van der Waals surface area contributed by atoms with Crippen LogP contribution in [0.4, 0.5) is 0 Å². The van der Waals surface area contributed by atoms with Gasteiger partial charge >= 0.3 is 0 Å². The molecule has 94 valence electrons. The Labute approximate surface area is 103 Å². The van der Waals surface area contributed by atoms with Crippen LogP contribution >= 0.6 is 0 Å². The first-order valence-corrected chi connectivity index (χ1v) is 6.44. The summed E-state index contributed by atoms with van der Waals surface area (Å²) in [7, 11) is 0.